The van der Waals surface area contributed by atoms with E-state index in [4.69, 9.17) is 11.6 Å². The number of pyridine rings is 1. The lowest BCUT2D eigenvalue weighted by atomic mass is 9.72. The van der Waals surface area contributed by atoms with Crippen LogP contribution in [0.15, 0.2) is 18.3 Å². The topological polar surface area (TPSA) is 70.5 Å². The normalized spacial score (nSPS) is 30.7. The van der Waals surface area contributed by atoms with Gasteiger partial charge in [-0.1, -0.05) is 18.5 Å². The number of carbonyl (C=O) groups is 2. The van der Waals surface area contributed by atoms with Gasteiger partial charge in [0.25, 0.3) is 5.91 Å². The summed E-state index contributed by atoms with van der Waals surface area (Å²) in [5.41, 5.74) is -0.473. The number of aliphatic carboxylic acids is 1. The predicted octanol–water partition coefficient (Wildman–Crippen LogP) is 2.59. The van der Waals surface area contributed by atoms with Crippen molar-refractivity contribution in [2.75, 3.05) is 0 Å². The molecular formula is C15H17ClN2O3. The fourth-order valence-corrected chi connectivity index (χ4v) is 4.00. The minimum atomic E-state index is -0.801. The van der Waals surface area contributed by atoms with Gasteiger partial charge < -0.3 is 10.0 Å². The van der Waals surface area contributed by atoms with Gasteiger partial charge in [0, 0.05) is 18.3 Å². The first-order chi connectivity index (χ1) is 9.99. The molecule has 0 spiro atoms. The third kappa shape index (κ3) is 2.02. The van der Waals surface area contributed by atoms with E-state index < -0.39 is 11.4 Å². The van der Waals surface area contributed by atoms with Crippen molar-refractivity contribution < 1.29 is 14.7 Å². The summed E-state index contributed by atoms with van der Waals surface area (Å²) in [5, 5.41) is 10.1. The Morgan fingerprint density at radius 2 is 2.24 bits per heavy atom. The molecule has 2 aliphatic heterocycles. The lowest BCUT2D eigenvalue weighted by Crippen LogP contribution is -2.44. The number of hydrogen-bond donors (Lipinski definition) is 1. The molecule has 0 radical (unpaired) electrons. The van der Waals surface area contributed by atoms with Crippen LogP contribution in [0.25, 0.3) is 0 Å². The highest BCUT2D eigenvalue weighted by molar-refractivity contribution is 6.30. The Kier molecular flexibility index (Phi) is 3.40. The molecule has 1 amide bonds. The van der Waals surface area contributed by atoms with Gasteiger partial charge in [0.05, 0.1) is 10.4 Å². The average Bonchev–Trinajstić information content (AvgIpc) is 3.03. The van der Waals surface area contributed by atoms with E-state index in [1.807, 2.05) is 6.92 Å². The predicted molar refractivity (Wildman–Crippen MR) is 77.2 cm³/mol. The standard InChI is InChI=1S/C15H17ClN2O3/c1-2-15(14(20)21)7-10-4-6-12(15)18(10)13(19)11-5-3-9(16)8-17-11/h3,5,8,10,12H,2,4,6-7H2,1H3,(H,20,21)/t10-,12+,15+/m0/s1. The number of carboxylic acids is 1. The third-order valence-corrected chi connectivity index (χ3v) is 5.20. The molecule has 1 aromatic rings. The molecule has 1 aromatic heterocycles. The number of nitrogens with zero attached hydrogens (tertiary/aromatic N) is 2. The molecule has 2 saturated heterocycles. The molecular weight excluding hydrogens is 292 g/mol. The fraction of sp³-hybridized carbons (Fsp3) is 0.533. The van der Waals surface area contributed by atoms with Crippen LogP contribution in [0.2, 0.25) is 5.02 Å². The van der Waals surface area contributed by atoms with Crippen molar-refractivity contribution in [2.45, 2.75) is 44.7 Å². The van der Waals surface area contributed by atoms with Gasteiger partial charge >= 0.3 is 5.97 Å². The van der Waals surface area contributed by atoms with Crippen molar-refractivity contribution in [1.82, 2.24) is 9.88 Å². The molecule has 3 atom stereocenters. The number of aromatic nitrogens is 1. The van der Waals surface area contributed by atoms with E-state index in [1.54, 1.807) is 17.0 Å². The summed E-state index contributed by atoms with van der Waals surface area (Å²) in [6.45, 7) is 1.89. The molecule has 0 aromatic carbocycles. The summed E-state index contributed by atoms with van der Waals surface area (Å²) in [4.78, 5) is 30.2. The lowest BCUT2D eigenvalue weighted by Gasteiger charge is -2.32. The number of carbonyl (C=O) groups excluding carboxylic acids is 1. The second-order valence-corrected chi connectivity index (χ2v) is 6.28. The van der Waals surface area contributed by atoms with Crippen LogP contribution in [0.4, 0.5) is 0 Å². The number of halogens is 1. The second kappa shape index (κ2) is 4.98. The zero-order valence-corrected chi connectivity index (χ0v) is 12.5. The molecule has 6 heteroatoms. The molecule has 2 aliphatic rings. The van der Waals surface area contributed by atoms with Crippen LogP contribution in [-0.2, 0) is 4.79 Å². The van der Waals surface area contributed by atoms with Gasteiger partial charge in [-0.3, -0.25) is 9.59 Å². The third-order valence-electron chi connectivity index (χ3n) is 4.98. The fourth-order valence-electron chi connectivity index (χ4n) is 3.89. The molecule has 3 heterocycles. The van der Waals surface area contributed by atoms with Crippen LogP contribution in [-0.4, -0.2) is 39.0 Å². The van der Waals surface area contributed by atoms with Gasteiger partial charge in [-0.25, -0.2) is 4.98 Å². The van der Waals surface area contributed by atoms with Crippen molar-refractivity contribution >= 4 is 23.5 Å². The molecule has 0 saturated carbocycles. The van der Waals surface area contributed by atoms with Crippen LogP contribution < -0.4 is 0 Å². The molecule has 2 bridgehead atoms. The van der Waals surface area contributed by atoms with Crippen molar-refractivity contribution in [1.29, 1.82) is 0 Å². The number of fused-ring (bicyclic) bond motifs is 2. The summed E-state index contributed by atoms with van der Waals surface area (Å²) in [7, 11) is 0. The summed E-state index contributed by atoms with van der Waals surface area (Å²) in [6, 6.07) is 3.01. The zero-order chi connectivity index (χ0) is 15.2. The Balaban J connectivity index is 1.92. The van der Waals surface area contributed by atoms with E-state index >= 15 is 0 Å². The van der Waals surface area contributed by atoms with Crippen LogP contribution in [0.5, 0.6) is 0 Å². The Morgan fingerprint density at radius 3 is 2.76 bits per heavy atom. The molecule has 2 fully saturated rings. The SMILES string of the molecule is CC[C@@]1(C(=O)O)C[C@@H]2CC[C@H]1N2C(=O)c1ccc(Cl)cn1. The van der Waals surface area contributed by atoms with E-state index in [1.165, 1.54) is 6.20 Å². The van der Waals surface area contributed by atoms with Gasteiger partial charge in [0.1, 0.15) is 5.69 Å². The summed E-state index contributed by atoms with van der Waals surface area (Å²) >= 11 is 5.79. The van der Waals surface area contributed by atoms with Gasteiger partial charge in [-0.2, -0.15) is 0 Å². The van der Waals surface area contributed by atoms with E-state index in [0.29, 0.717) is 23.6 Å². The Morgan fingerprint density at radius 1 is 1.48 bits per heavy atom. The minimum absolute atomic E-state index is 0.0102. The summed E-state index contributed by atoms with van der Waals surface area (Å²) < 4.78 is 0. The van der Waals surface area contributed by atoms with Crippen LogP contribution in [0, 0.1) is 5.41 Å². The Bertz CT molecular complexity index is 589. The smallest absolute Gasteiger partial charge is 0.311 e. The van der Waals surface area contributed by atoms with E-state index in [2.05, 4.69) is 4.98 Å². The molecule has 21 heavy (non-hydrogen) atoms. The summed E-state index contributed by atoms with van der Waals surface area (Å²) in [6.07, 6.45) is 4.16. The summed E-state index contributed by atoms with van der Waals surface area (Å²) in [5.74, 6) is -0.977. The van der Waals surface area contributed by atoms with Gasteiger partial charge in [0.2, 0.25) is 0 Å². The van der Waals surface area contributed by atoms with Crippen LogP contribution >= 0.6 is 11.6 Å². The van der Waals surface area contributed by atoms with E-state index in [9.17, 15) is 14.7 Å². The second-order valence-electron chi connectivity index (χ2n) is 5.84. The van der Waals surface area contributed by atoms with E-state index in [-0.39, 0.29) is 18.0 Å². The molecule has 0 unspecified atom stereocenters. The lowest BCUT2D eigenvalue weighted by molar-refractivity contribution is -0.151. The highest BCUT2D eigenvalue weighted by Gasteiger charge is 2.60. The number of carboxylic acid groups (broad SMARTS) is 1. The molecule has 0 aliphatic carbocycles. The van der Waals surface area contributed by atoms with Crippen molar-refractivity contribution in [2.24, 2.45) is 5.41 Å². The van der Waals surface area contributed by atoms with Crippen LogP contribution in [0.3, 0.4) is 0 Å². The van der Waals surface area contributed by atoms with Gasteiger partial charge in [-0.15, -0.1) is 0 Å². The Labute approximate surface area is 127 Å². The van der Waals surface area contributed by atoms with Crippen molar-refractivity contribution in [3.8, 4) is 0 Å². The monoisotopic (exact) mass is 308 g/mol. The quantitative estimate of drug-likeness (QED) is 0.931. The van der Waals surface area contributed by atoms with Crippen molar-refractivity contribution in [3.63, 3.8) is 0 Å². The Hall–Kier alpha value is -1.62. The minimum Gasteiger partial charge on any atom is -0.481 e. The molecule has 112 valence electrons. The van der Waals surface area contributed by atoms with Crippen LogP contribution in [0.1, 0.15) is 43.1 Å². The van der Waals surface area contributed by atoms with E-state index in [0.717, 1.165) is 12.8 Å². The highest BCUT2D eigenvalue weighted by atomic mass is 35.5. The first-order valence-corrected chi connectivity index (χ1v) is 7.55. The number of amides is 1. The highest BCUT2D eigenvalue weighted by Crippen LogP contribution is 2.52. The maximum Gasteiger partial charge on any atom is 0.311 e. The molecule has 3 rings (SSSR count). The molecule has 1 N–H and O–H groups in total. The maximum absolute atomic E-state index is 12.7. The first-order valence-electron chi connectivity index (χ1n) is 7.17. The average molecular weight is 309 g/mol. The molecule has 5 nitrogen and oxygen atoms in total. The zero-order valence-electron chi connectivity index (χ0n) is 11.8. The van der Waals surface area contributed by atoms with Crippen molar-refractivity contribution in [3.05, 3.63) is 29.0 Å². The number of rotatable bonds is 3. The number of hydrogen-bond acceptors (Lipinski definition) is 3. The first kappa shape index (κ1) is 14.3. The van der Waals surface area contributed by atoms with Gasteiger partial charge in [0.15, 0.2) is 0 Å². The largest absolute Gasteiger partial charge is 0.481 e. The maximum atomic E-state index is 12.7. The van der Waals surface area contributed by atoms with Gasteiger partial charge in [-0.05, 0) is 37.8 Å².